The van der Waals surface area contributed by atoms with Crippen molar-refractivity contribution in [2.45, 2.75) is 4.90 Å². The van der Waals surface area contributed by atoms with Gasteiger partial charge in [-0.2, -0.15) is 0 Å². The molecular weight excluding hydrogens is 264 g/mol. The summed E-state index contributed by atoms with van der Waals surface area (Å²) < 4.78 is 24.9. The van der Waals surface area contributed by atoms with Gasteiger partial charge in [-0.1, -0.05) is 11.6 Å². The molecule has 0 fully saturated rings. The Morgan fingerprint density at radius 3 is 2.41 bits per heavy atom. The molecule has 0 aromatic heterocycles. The monoisotopic (exact) mass is 276 g/mol. The Balaban J connectivity index is 3.40. The average molecular weight is 277 g/mol. The van der Waals surface area contributed by atoms with Gasteiger partial charge in [0, 0.05) is 26.7 Å². The molecule has 0 aliphatic carbocycles. The van der Waals surface area contributed by atoms with Crippen molar-refractivity contribution in [1.29, 1.82) is 0 Å². The highest BCUT2D eigenvalue weighted by Crippen LogP contribution is 2.24. The van der Waals surface area contributed by atoms with Gasteiger partial charge in [0.15, 0.2) is 0 Å². The van der Waals surface area contributed by atoms with Gasteiger partial charge in [0.1, 0.15) is 4.90 Å². The van der Waals surface area contributed by atoms with Gasteiger partial charge in [-0.05, 0) is 18.2 Å². The largest absolute Gasteiger partial charge is 0.355 e. The Bertz CT molecular complexity index is 540. The van der Waals surface area contributed by atoms with Gasteiger partial charge in [-0.3, -0.25) is 4.79 Å². The molecule has 0 heterocycles. The van der Waals surface area contributed by atoms with Gasteiger partial charge >= 0.3 is 0 Å². The molecule has 7 heteroatoms. The molecule has 1 aromatic carbocycles. The summed E-state index contributed by atoms with van der Waals surface area (Å²) in [5.41, 5.74) is 0.248. The van der Waals surface area contributed by atoms with E-state index in [2.05, 4.69) is 5.32 Å². The summed E-state index contributed by atoms with van der Waals surface area (Å²) in [7, 11) is 0.621. The number of amides is 1. The van der Waals surface area contributed by atoms with E-state index in [1.54, 1.807) is 0 Å². The fraction of sp³-hybridized carbons (Fsp3) is 0.300. The van der Waals surface area contributed by atoms with Gasteiger partial charge in [0.25, 0.3) is 5.91 Å². The molecule has 1 amide bonds. The van der Waals surface area contributed by atoms with E-state index in [0.717, 1.165) is 4.31 Å². The molecule has 94 valence electrons. The third-order valence-corrected chi connectivity index (χ3v) is 4.48. The van der Waals surface area contributed by atoms with Crippen LogP contribution < -0.4 is 5.32 Å². The maximum atomic E-state index is 11.9. The Morgan fingerprint density at radius 2 is 1.94 bits per heavy atom. The van der Waals surface area contributed by atoms with Crippen molar-refractivity contribution < 1.29 is 13.2 Å². The minimum atomic E-state index is -3.65. The Labute approximate surface area is 105 Å². The molecule has 0 spiro atoms. The fourth-order valence-electron chi connectivity index (χ4n) is 1.18. The van der Waals surface area contributed by atoms with E-state index in [1.165, 1.54) is 39.3 Å². The molecule has 0 aliphatic rings. The summed E-state index contributed by atoms with van der Waals surface area (Å²) in [5, 5.41) is 2.51. The number of hydrogen-bond acceptors (Lipinski definition) is 3. The molecule has 0 saturated heterocycles. The van der Waals surface area contributed by atoms with Crippen molar-refractivity contribution >= 4 is 27.5 Å². The number of sulfonamides is 1. The number of rotatable bonds is 3. The van der Waals surface area contributed by atoms with Crippen LogP contribution in [0.15, 0.2) is 23.1 Å². The lowest BCUT2D eigenvalue weighted by Crippen LogP contribution is -2.24. The van der Waals surface area contributed by atoms with E-state index in [0.29, 0.717) is 0 Å². The summed E-state index contributed by atoms with van der Waals surface area (Å²) in [6, 6.07) is 4.12. The first kappa shape index (κ1) is 14.0. The fourth-order valence-corrected chi connectivity index (χ4v) is 2.58. The average Bonchev–Trinajstić information content (AvgIpc) is 2.28. The van der Waals surface area contributed by atoms with Crippen molar-refractivity contribution in [1.82, 2.24) is 9.62 Å². The molecule has 1 rings (SSSR count). The summed E-state index contributed by atoms with van der Waals surface area (Å²) >= 11 is 5.84. The Kier molecular flexibility index (Phi) is 4.13. The normalized spacial score (nSPS) is 11.6. The van der Waals surface area contributed by atoms with Crippen LogP contribution in [-0.4, -0.2) is 39.8 Å². The van der Waals surface area contributed by atoms with E-state index < -0.39 is 10.0 Å². The van der Waals surface area contributed by atoms with E-state index in [1.807, 2.05) is 0 Å². The number of carbonyl (C=O) groups is 1. The van der Waals surface area contributed by atoms with E-state index in [9.17, 15) is 13.2 Å². The van der Waals surface area contributed by atoms with Crippen molar-refractivity contribution in [2.24, 2.45) is 0 Å². The number of nitrogens with zero attached hydrogens (tertiary/aromatic N) is 1. The van der Waals surface area contributed by atoms with Gasteiger partial charge < -0.3 is 5.32 Å². The number of benzene rings is 1. The van der Waals surface area contributed by atoms with Crippen LogP contribution in [0.2, 0.25) is 5.02 Å². The summed E-state index contributed by atoms with van der Waals surface area (Å²) in [6.07, 6.45) is 0. The Morgan fingerprint density at radius 1 is 1.35 bits per heavy atom. The van der Waals surface area contributed by atoms with E-state index >= 15 is 0 Å². The second-order valence-corrected chi connectivity index (χ2v) is 6.04. The van der Waals surface area contributed by atoms with Crippen LogP contribution in [0.25, 0.3) is 0 Å². The van der Waals surface area contributed by atoms with Gasteiger partial charge in [0.05, 0.1) is 5.02 Å². The van der Waals surface area contributed by atoms with Gasteiger partial charge in [-0.15, -0.1) is 0 Å². The lowest BCUT2D eigenvalue weighted by atomic mass is 10.2. The molecule has 0 radical (unpaired) electrons. The molecule has 0 atom stereocenters. The second kappa shape index (κ2) is 5.03. The zero-order valence-electron chi connectivity index (χ0n) is 9.69. The zero-order valence-corrected chi connectivity index (χ0v) is 11.3. The van der Waals surface area contributed by atoms with Crippen LogP contribution in [0.3, 0.4) is 0 Å². The molecule has 1 aromatic rings. The van der Waals surface area contributed by atoms with Crippen LogP contribution in [0.5, 0.6) is 0 Å². The highest BCUT2D eigenvalue weighted by atomic mass is 35.5. The number of hydrogen-bond donors (Lipinski definition) is 1. The first-order valence-electron chi connectivity index (χ1n) is 4.75. The minimum absolute atomic E-state index is 0.0785. The lowest BCUT2D eigenvalue weighted by molar-refractivity contribution is 0.0963. The maximum Gasteiger partial charge on any atom is 0.251 e. The van der Waals surface area contributed by atoms with Gasteiger partial charge in [0.2, 0.25) is 10.0 Å². The van der Waals surface area contributed by atoms with Gasteiger partial charge in [-0.25, -0.2) is 12.7 Å². The molecule has 0 saturated carbocycles. The van der Waals surface area contributed by atoms with Crippen LogP contribution in [-0.2, 0) is 10.0 Å². The standard InChI is InChI=1S/C10H13ClN2O3S/c1-12-10(14)7-4-5-8(11)9(6-7)17(15,16)13(2)3/h4-6H,1-3H3,(H,12,14). The quantitative estimate of drug-likeness (QED) is 0.894. The summed E-state index contributed by atoms with van der Waals surface area (Å²) in [4.78, 5) is 11.3. The third-order valence-electron chi connectivity index (χ3n) is 2.18. The van der Waals surface area contributed by atoms with Crippen molar-refractivity contribution in [3.8, 4) is 0 Å². The van der Waals surface area contributed by atoms with Crippen molar-refractivity contribution in [2.75, 3.05) is 21.1 Å². The summed E-state index contributed by atoms with van der Waals surface area (Å²) in [6.45, 7) is 0. The van der Waals surface area contributed by atoms with Crippen LogP contribution in [0, 0.1) is 0 Å². The number of halogens is 1. The highest BCUT2D eigenvalue weighted by Gasteiger charge is 2.22. The van der Waals surface area contributed by atoms with Crippen LogP contribution in [0.4, 0.5) is 0 Å². The van der Waals surface area contributed by atoms with Crippen LogP contribution in [0.1, 0.15) is 10.4 Å². The maximum absolute atomic E-state index is 11.9. The first-order valence-corrected chi connectivity index (χ1v) is 6.56. The van der Waals surface area contributed by atoms with E-state index in [-0.39, 0.29) is 21.4 Å². The van der Waals surface area contributed by atoms with Crippen LogP contribution >= 0.6 is 11.6 Å². The smallest absolute Gasteiger partial charge is 0.251 e. The molecule has 1 N–H and O–H groups in total. The molecular formula is C10H13ClN2O3S. The number of carbonyl (C=O) groups excluding carboxylic acids is 1. The minimum Gasteiger partial charge on any atom is -0.355 e. The predicted octanol–water partition coefficient (Wildman–Crippen LogP) is 0.950. The third kappa shape index (κ3) is 2.77. The van der Waals surface area contributed by atoms with E-state index in [4.69, 9.17) is 11.6 Å². The molecule has 17 heavy (non-hydrogen) atoms. The topological polar surface area (TPSA) is 66.5 Å². The van der Waals surface area contributed by atoms with Crippen molar-refractivity contribution in [3.63, 3.8) is 0 Å². The molecule has 0 aliphatic heterocycles. The molecule has 0 bridgehead atoms. The first-order chi connectivity index (χ1) is 7.80. The lowest BCUT2D eigenvalue weighted by Gasteiger charge is -2.13. The second-order valence-electron chi connectivity index (χ2n) is 3.51. The highest BCUT2D eigenvalue weighted by molar-refractivity contribution is 7.89. The molecule has 0 unspecified atom stereocenters. The number of nitrogens with one attached hydrogen (secondary N) is 1. The summed E-state index contributed by atoms with van der Waals surface area (Å²) in [5.74, 6) is -0.364. The molecule has 5 nitrogen and oxygen atoms in total. The Hall–Kier alpha value is -1.11. The zero-order chi connectivity index (χ0) is 13.2. The predicted molar refractivity (Wildman–Crippen MR) is 65.7 cm³/mol. The SMILES string of the molecule is CNC(=O)c1ccc(Cl)c(S(=O)(=O)N(C)C)c1. The van der Waals surface area contributed by atoms with Crippen molar-refractivity contribution in [3.05, 3.63) is 28.8 Å².